The van der Waals surface area contributed by atoms with Gasteiger partial charge in [-0.05, 0) is 66.6 Å². The van der Waals surface area contributed by atoms with Crippen molar-refractivity contribution >= 4 is 18.0 Å². The molecule has 2 N–H and O–H groups in total. The number of aryl methyl sites for hydroxylation is 1. The zero-order valence-corrected chi connectivity index (χ0v) is 17.9. The highest BCUT2D eigenvalue weighted by Crippen LogP contribution is 2.23. The van der Waals surface area contributed by atoms with E-state index in [9.17, 15) is 9.59 Å². The fraction of sp³-hybridized carbons (Fsp3) is 0.185. The van der Waals surface area contributed by atoms with Crippen LogP contribution < -0.4 is 4.74 Å². The van der Waals surface area contributed by atoms with Crippen molar-refractivity contribution in [3.05, 3.63) is 107 Å². The number of para-hydroxylation sites is 1. The molecule has 0 heterocycles. The molecule has 0 bridgehead atoms. The predicted octanol–water partition coefficient (Wildman–Crippen LogP) is 5.60. The van der Waals surface area contributed by atoms with Crippen molar-refractivity contribution in [3.8, 4) is 5.75 Å². The second-order valence-corrected chi connectivity index (χ2v) is 7.61. The van der Waals surface area contributed by atoms with E-state index in [1.54, 1.807) is 31.4 Å². The third-order valence-corrected chi connectivity index (χ3v) is 5.39. The van der Waals surface area contributed by atoms with E-state index in [1.807, 2.05) is 48.5 Å². The van der Waals surface area contributed by atoms with Gasteiger partial charge >= 0.3 is 11.9 Å². The molecule has 164 valence electrons. The summed E-state index contributed by atoms with van der Waals surface area (Å²) >= 11 is 0. The van der Waals surface area contributed by atoms with Crippen molar-refractivity contribution < 1.29 is 24.5 Å². The standard InChI is InChI=1S/C27H26O5/c1-32-25-5-3-2-4-22(25)13-10-20(18-21-11-16-24(17-12-21)27(30)31)7-6-19-8-14-23(15-9-19)26(28)29/h2-5,8-17,20H,6-7,18H2,1H3,(H,28,29)(H,30,31). The summed E-state index contributed by atoms with van der Waals surface area (Å²) in [5, 5.41) is 18.2. The SMILES string of the molecule is COc1ccccc1C=CC(CCc1ccc(C(=O)O)cc1)Cc1ccc(C(=O)O)cc1. The predicted molar refractivity (Wildman–Crippen MR) is 124 cm³/mol. The molecular formula is C27H26O5. The van der Waals surface area contributed by atoms with Crippen molar-refractivity contribution in [1.82, 2.24) is 0 Å². The van der Waals surface area contributed by atoms with Gasteiger partial charge in [0.25, 0.3) is 0 Å². The van der Waals surface area contributed by atoms with Crippen LogP contribution in [0.4, 0.5) is 0 Å². The van der Waals surface area contributed by atoms with Crippen molar-refractivity contribution in [2.75, 3.05) is 7.11 Å². The third-order valence-electron chi connectivity index (χ3n) is 5.39. The molecule has 0 aliphatic heterocycles. The molecule has 0 radical (unpaired) electrons. The smallest absolute Gasteiger partial charge is 0.335 e. The Labute approximate surface area is 187 Å². The lowest BCUT2D eigenvalue weighted by Gasteiger charge is -2.14. The van der Waals surface area contributed by atoms with Gasteiger partial charge in [-0.25, -0.2) is 9.59 Å². The van der Waals surface area contributed by atoms with Crippen LogP contribution in [-0.2, 0) is 12.8 Å². The van der Waals surface area contributed by atoms with Crippen LogP contribution in [-0.4, -0.2) is 29.3 Å². The van der Waals surface area contributed by atoms with Crippen LogP contribution in [0.2, 0.25) is 0 Å². The lowest BCUT2D eigenvalue weighted by atomic mass is 9.91. The Kier molecular flexibility index (Phi) is 7.81. The summed E-state index contributed by atoms with van der Waals surface area (Å²) in [7, 11) is 1.65. The molecule has 3 aromatic carbocycles. The first-order chi connectivity index (χ1) is 15.5. The molecule has 0 fully saturated rings. The van der Waals surface area contributed by atoms with Crippen LogP contribution in [0.1, 0.15) is 43.8 Å². The van der Waals surface area contributed by atoms with Gasteiger partial charge in [-0.15, -0.1) is 0 Å². The zero-order valence-electron chi connectivity index (χ0n) is 17.9. The number of hydrogen-bond donors (Lipinski definition) is 2. The van der Waals surface area contributed by atoms with Gasteiger partial charge in [0.15, 0.2) is 0 Å². The summed E-state index contributed by atoms with van der Waals surface area (Å²) in [4.78, 5) is 22.2. The van der Waals surface area contributed by atoms with Gasteiger partial charge in [-0.1, -0.05) is 54.6 Å². The van der Waals surface area contributed by atoms with Gasteiger partial charge in [-0.3, -0.25) is 0 Å². The van der Waals surface area contributed by atoms with Gasteiger partial charge in [0.2, 0.25) is 0 Å². The minimum Gasteiger partial charge on any atom is -0.496 e. The summed E-state index contributed by atoms with van der Waals surface area (Å²) in [5.74, 6) is -0.861. The number of allylic oxidation sites excluding steroid dienone is 1. The molecule has 0 aliphatic carbocycles. The van der Waals surface area contributed by atoms with Crippen LogP contribution in [0.15, 0.2) is 78.9 Å². The van der Waals surface area contributed by atoms with Crippen LogP contribution in [0.5, 0.6) is 5.75 Å². The van der Waals surface area contributed by atoms with Gasteiger partial charge in [0.05, 0.1) is 18.2 Å². The maximum atomic E-state index is 11.1. The molecular weight excluding hydrogens is 404 g/mol. The molecule has 0 saturated carbocycles. The molecule has 32 heavy (non-hydrogen) atoms. The highest BCUT2D eigenvalue weighted by molar-refractivity contribution is 5.88. The molecule has 0 aliphatic rings. The molecule has 0 amide bonds. The van der Waals surface area contributed by atoms with Crippen molar-refractivity contribution in [2.45, 2.75) is 19.3 Å². The van der Waals surface area contributed by atoms with Crippen LogP contribution >= 0.6 is 0 Å². The number of carboxylic acids is 2. The maximum Gasteiger partial charge on any atom is 0.335 e. The Bertz CT molecular complexity index is 1080. The normalized spacial score (nSPS) is 11.9. The molecule has 5 nitrogen and oxygen atoms in total. The van der Waals surface area contributed by atoms with Gasteiger partial charge in [0, 0.05) is 5.56 Å². The van der Waals surface area contributed by atoms with E-state index in [1.165, 1.54) is 0 Å². The molecule has 0 spiro atoms. The first kappa shape index (κ1) is 22.8. The number of benzene rings is 3. The Balaban J connectivity index is 1.77. The van der Waals surface area contributed by atoms with E-state index in [-0.39, 0.29) is 17.0 Å². The Morgan fingerprint density at radius 1 is 0.844 bits per heavy atom. The number of methoxy groups -OCH3 is 1. The first-order valence-corrected chi connectivity index (χ1v) is 10.4. The average molecular weight is 431 g/mol. The van der Waals surface area contributed by atoms with Gasteiger partial charge < -0.3 is 14.9 Å². The Morgan fingerprint density at radius 2 is 1.41 bits per heavy atom. The van der Waals surface area contributed by atoms with E-state index >= 15 is 0 Å². The van der Waals surface area contributed by atoms with Crippen molar-refractivity contribution in [3.63, 3.8) is 0 Å². The van der Waals surface area contributed by atoms with E-state index in [0.29, 0.717) is 0 Å². The van der Waals surface area contributed by atoms with Crippen molar-refractivity contribution in [2.24, 2.45) is 5.92 Å². The van der Waals surface area contributed by atoms with Crippen LogP contribution in [0, 0.1) is 5.92 Å². The minimum absolute atomic E-state index is 0.203. The number of aromatic carboxylic acids is 2. The second-order valence-electron chi connectivity index (χ2n) is 7.61. The third kappa shape index (κ3) is 6.32. The van der Waals surface area contributed by atoms with Gasteiger partial charge in [-0.2, -0.15) is 0 Å². The first-order valence-electron chi connectivity index (χ1n) is 10.4. The average Bonchev–Trinajstić information content (AvgIpc) is 2.81. The summed E-state index contributed by atoms with van der Waals surface area (Å²) in [5.41, 5.74) is 3.68. The van der Waals surface area contributed by atoms with E-state index in [4.69, 9.17) is 14.9 Å². The fourth-order valence-corrected chi connectivity index (χ4v) is 3.56. The number of carboxylic acid groups (broad SMARTS) is 2. The lowest BCUT2D eigenvalue weighted by molar-refractivity contribution is 0.0686. The highest BCUT2D eigenvalue weighted by atomic mass is 16.5. The highest BCUT2D eigenvalue weighted by Gasteiger charge is 2.10. The second kappa shape index (κ2) is 11.0. The van der Waals surface area contributed by atoms with E-state index in [0.717, 1.165) is 41.7 Å². The lowest BCUT2D eigenvalue weighted by Crippen LogP contribution is -2.05. The summed E-state index contributed by atoms with van der Waals surface area (Å²) < 4.78 is 5.44. The number of hydrogen-bond acceptors (Lipinski definition) is 3. The molecule has 0 aromatic heterocycles. The molecule has 1 atom stereocenters. The Morgan fingerprint density at radius 3 is 1.97 bits per heavy atom. The van der Waals surface area contributed by atoms with Crippen LogP contribution in [0.25, 0.3) is 6.08 Å². The monoisotopic (exact) mass is 430 g/mol. The van der Waals surface area contributed by atoms with Gasteiger partial charge in [0.1, 0.15) is 5.75 Å². The summed E-state index contributed by atoms with van der Waals surface area (Å²) in [6.45, 7) is 0. The molecule has 3 aromatic rings. The number of rotatable bonds is 10. The largest absolute Gasteiger partial charge is 0.496 e. The molecule has 3 rings (SSSR count). The quantitative estimate of drug-likeness (QED) is 0.438. The van der Waals surface area contributed by atoms with E-state index < -0.39 is 11.9 Å². The van der Waals surface area contributed by atoms with E-state index in [2.05, 4.69) is 12.2 Å². The topological polar surface area (TPSA) is 83.8 Å². The number of ether oxygens (including phenoxy) is 1. The summed E-state index contributed by atoms with van der Waals surface area (Å²) in [6, 6.07) is 21.7. The molecule has 5 heteroatoms. The molecule has 0 saturated heterocycles. The minimum atomic E-state index is -0.936. The summed E-state index contributed by atoms with van der Waals surface area (Å²) in [6.07, 6.45) is 6.64. The zero-order chi connectivity index (χ0) is 22.9. The maximum absolute atomic E-state index is 11.1. The van der Waals surface area contributed by atoms with Crippen molar-refractivity contribution in [1.29, 1.82) is 0 Å². The fourth-order valence-electron chi connectivity index (χ4n) is 3.56. The Hall–Kier alpha value is -3.86. The number of carbonyl (C=O) groups is 2. The molecule has 1 unspecified atom stereocenters. The van der Waals surface area contributed by atoms with Crippen LogP contribution in [0.3, 0.4) is 0 Å².